The number of piperazine rings is 1. The van der Waals surface area contributed by atoms with E-state index in [9.17, 15) is 4.79 Å². The molecule has 1 saturated carbocycles. The van der Waals surface area contributed by atoms with E-state index in [1.54, 1.807) is 6.20 Å². The predicted molar refractivity (Wildman–Crippen MR) is 89.2 cm³/mol. The fourth-order valence-corrected chi connectivity index (χ4v) is 3.74. The van der Waals surface area contributed by atoms with Gasteiger partial charge in [-0.3, -0.25) is 4.79 Å². The second-order valence-electron chi connectivity index (χ2n) is 6.41. The van der Waals surface area contributed by atoms with Gasteiger partial charge in [-0.1, -0.05) is 30.9 Å². The molecule has 5 heteroatoms. The Morgan fingerprint density at radius 1 is 1.18 bits per heavy atom. The van der Waals surface area contributed by atoms with E-state index in [1.165, 1.54) is 32.1 Å². The van der Waals surface area contributed by atoms with Crippen molar-refractivity contribution in [3.05, 3.63) is 23.5 Å². The van der Waals surface area contributed by atoms with Gasteiger partial charge >= 0.3 is 0 Å². The fourth-order valence-electron chi connectivity index (χ4n) is 3.57. The molecule has 22 heavy (non-hydrogen) atoms. The smallest absolute Gasteiger partial charge is 0.222 e. The molecule has 1 aromatic rings. The third kappa shape index (κ3) is 3.92. The Balaban J connectivity index is 1.49. The van der Waals surface area contributed by atoms with Crippen molar-refractivity contribution >= 4 is 23.2 Å². The van der Waals surface area contributed by atoms with Crippen molar-refractivity contribution in [2.45, 2.75) is 38.5 Å². The lowest BCUT2D eigenvalue weighted by molar-refractivity contribution is -0.132. The molecule has 0 bridgehead atoms. The number of halogens is 1. The molecule has 0 aromatic carbocycles. The van der Waals surface area contributed by atoms with Crippen LogP contribution in [-0.2, 0) is 4.79 Å². The van der Waals surface area contributed by atoms with Crippen LogP contribution >= 0.6 is 11.6 Å². The van der Waals surface area contributed by atoms with E-state index in [-0.39, 0.29) is 0 Å². The molecule has 1 amide bonds. The number of carbonyl (C=O) groups is 1. The molecule has 1 aromatic heterocycles. The van der Waals surface area contributed by atoms with E-state index in [0.717, 1.165) is 38.3 Å². The summed E-state index contributed by atoms with van der Waals surface area (Å²) < 4.78 is 0. The molecule has 120 valence electrons. The summed E-state index contributed by atoms with van der Waals surface area (Å²) in [6.07, 6.45) is 8.91. The first-order valence-corrected chi connectivity index (χ1v) is 8.74. The third-order valence-corrected chi connectivity index (χ3v) is 5.10. The topological polar surface area (TPSA) is 36.4 Å². The van der Waals surface area contributed by atoms with Crippen molar-refractivity contribution in [1.82, 2.24) is 9.88 Å². The summed E-state index contributed by atoms with van der Waals surface area (Å²) in [5.74, 6) is 0.970. The summed E-state index contributed by atoms with van der Waals surface area (Å²) in [5, 5.41) is 0.522. The predicted octanol–water partition coefficient (Wildman–Crippen LogP) is 3.35. The maximum Gasteiger partial charge on any atom is 0.222 e. The van der Waals surface area contributed by atoms with Crippen LogP contribution in [0.4, 0.5) is 5.69 Å². The lowest BCUT2D eigenvalue weighted by atomic mass is 9.86. The Morgan fingerprint density at radius 3 is 2.59 bits per heavy atom. The maximum atomic E-state index is 12.4. The van der Waals surface area contributed by atoms with E-state index in [2.05, 4.69) is 9.88 Å². The first kappa shape index (κ1) is 15.6. The Hall–Kier alpha value is -1.29. The van der Waals surface area contributed by atoms with Gasteiger partial charge in [-0.15, -0.1) is 0 Å². The Morgan fingerprint density at radius 2 is 1.91 bits per heavy atom. The number of rotatable bonds is 3. The van der Waals surface area contributed by atoms with Crippen molar-refractivity contribution in [2.75, 3.05) is 31.1 Å². The summed E-state index contributed by atoms with van der Waals surface area (Å²) in [6, 6.07) is 3.87. The molecule has 4 nitrogen and oxygen atoms in total. The van der Waals surface area contributed by atoms with E-state index in [1.807, 2.05) is 17.0 Å². The highest BCUT2D eigenvalue weighted by atomic mass is 35.5. The van der Waals surface area contributed by atoms with Gasteiger partial charge in [-0.25, -0.2) is 4.98 Å². The van der Waals surface area contributed by atoms with Gasteiger partial charge in [0.25, 0.3) is 0 Å². The van der Waals surface area contributed by atoms with Gasteiger partial charge in [-0.05, 0) is 30.9 Å². The monoisotopic (exact) mass is 321 g/mol. The van der Waals surface area contributed by atoms with Crippen LogP contribution in [0.15, 0.2) is 18.3 Å². The first-order valence-electron chi connectivity index (χ1n) is 8.36. The molecule has 1 aliphatic carbocycles. The number of aromatic nitrogens is 1. The summed E-state index contributed by atoms with van der Waals surface area (Å²) in [5.41, 5.74) is 1.10. The lowest BCUT2D eigenvalue weighted by Gasteiger charge is -2.37. The van der Waals surface area contributed by atoms with Crippen LogP contribution in [-0.4, -0.2) is 42.0 Å². The summed E-state index contributed by atoms with van der Waals surface area (Å²) in [6.45, 7) is 3.37. The van der Waals surface area contributed by atoms with Crippen LogP contribution in [0.25, 0.3) is 0 Å². The van der Waals surface area contributed by atoms with Crippen LogP contribution in [0.1, 0.15) is 38.5 Å². The normalized spacial score (nSPS) is 20.2. The first-order chi connectivity index (χ1) is 10.7. The second-order valence-corrected chi connectivity index (χ2v) is 6.80. The number of hydrogen-bond donors (Lipinski definition) is 0. The quantitative estimate of drug-likeness (QED) is 0.801. The molecule has 2 heterocycles. The number of hydrogen-bond acceptors (Lipinski definition) is 3. The van der Waals surface area contributed by atoms with Gasteiger partial charge in [-0.2, -0.15) is 0 Å². The van der Waals surface area contributed by atoms with Crippen LogP contribution < -0.4 is 4.90 Å². The van der Waals surface area contributed by atoms with Crippen LogP contribution in [0.5, 0.6) is 0 Å². The highest BCUT2D eigenvalue weighted by molar-refractivity contribution is 6.29. The SMILES string of the molecule is O=C(CC1CCCCC1)N1CCN(c2ccnc(Cl)c2)CC1. The number of nitrogens with zero attached hydrogens (tertiary/aromatic N) is 3. The Kier molecular flexibility index (Phi) is 5.19. The van der Waals surface area contributed by atoms with Crippen molar-refractivity contribution in [1.29, 1.82) is 0 Å². The minimum Gasteiger partial charge on any atom is -0.368 e. The molecular weight excluding hydrogens is 298 g/mol. The lowest BCUT2D eigenvalue weighted by Crippen LogP contribution is -2.49. The molecule has 0 atom stereocenters. The molecule has 0 spiro atoms. The van der Waals surface area contributed by atoms with Crippen molar-refractivity contribution in [3.8, 4) is 0 Å². The van der Waals surface area contributed by atoms with Gasteiger partial charge in [0.15, 0.2) is 0 Å². The molecule has 0 N–H and O–H groups in total. The molecule has 1 aliphatic heterocycles. The van der Waals surface area contributed by atoms with Crippen molar-refractivity contribution in [3.63, 3.8) is 0 Å². The highest BCUT2D eigenvalue weighted by Gasteiger charge is 2.24. The molecule has 1 saturated heterocycles. The van der Waals surface area contributed by atoms with E-state index >= 15 is 0 Å². The average Bonchev–Trinajstić information content (AvgIpc) is 2.56. The van der Waals surface area contributed by atoms with Gasteiger partial charge in [0, 0.05) is 44.5 Å². The van der Waals surface area contributed by atoms with Gasteiger partial charge in [0.1, 0.15) is 5.15 Å². The summed E-state index contributed by atoms with van der Waals surface area (Å²) in [4.78, 5) is 20.8. The van der Waals surface area contributed by atoms with E-state index in [0.29, 0.717) is 17.0 Å². The summed E-state index contributed by atoms with van der Waals surface area (Å²) >= 11 is 5.95. The largest absolute Gasteiger partial charge is 0.368 e. The van der Waals surface area contributed by atoms with Gasteiger partial charge < -0.3 is 9.80 Å². The summed E-state index contributed by atoms with van der Waals surface area (Å²) in [7, 11) is 0. The maximum absolute atomic E-state index is 12.4. The zero-order valence-electron chi connectivity index (χ0n) is 13.0. The molecule has 2 fully saturated rings. The minimum atomic E-state index is 0.347. The number of pyridine rings is 1. The van der Waals surface area contributed by atoms with E-state index < -0.39 is 0 Å². The molecule has 2 aliphatic rings. The fraction of sp³-hybridized carbons (Fsp3) is 0.647. The molecule has 0 radical (unpaired) electrons. The molecule has 0 unspecified atom stereocenters. The minimum absolute atomic E-state index is 0.347. The zero-order valence-corrected chi connectivity index (χ0v) is 13.8. The van der Waals surface area contributed by atoms with Gasteiger partial charge in [0.05, 0.1) is 0 Å². The molecular formula is C17H24ClN3O. The standard InChI is InChI=1S/C17H24ClN3O/c18-16-13-15(6-7-19-16)20-8-10-21(11-9-20)17(22)12-14-4-2-1-3-5-14/h6-7,13-14H,1-5,8-12H2. The van der Waals surface area contributed by atoms with Crippen LogP contribution in [0, 0.1) is 5.92 Å². The van der Waals surface area contributed by atoms with Crippen molar-refractivity contribution < 1.29 is 4.79 Å². The Labute approximate surface area is 137 Å². The van der Waals surface area contributed by atoms with E-state index in [4.69, 9.17) is 11.6 Å². The number of carbonyl (C=O) groups excluding carboxylic acids is 1. The Bertz CT molecular complexity index is 508. The highest BCUT2D eigenvalue weighted by Crippen LogP contribution is 2.27. The number of anilines is 1. The zero-order chi connectivity index (χ0) is 15.4. The molecule has 3 rings (SSSR count). The second kappa shape index (κ2) is 7.32. The number of amides is 1. The average molecular weight is 322 g/mol. The van der Waals surface area contributed by atoms with Gasteiger partial charge in [0.2, 0.25) is 5.91 Å². The van der Waals surface area contributed by atoms with Crippen LogP contribution in [0.2, 0.25) is 5.15 Å². The van der Waals surface area contributed by atoms with Crippen LogP contribution in [0.3, 0.4) is 0 Å². The van der Waals surface area contributed by atoms with Crippen molar-refractivity contribution in [2.24, 2.45) is 5.92 Å². The third-order valence-electron chi connectivity index (χ3n) is 4.90.